The largest absolute Gasteiger partial charge is 0.385 e. The summed E-state index contributed by atoms with van der Waals surface area (Å²) in [5.74, 6) is 1.16. The number of halogens is 1. The molecule has 0 atom stereocenters. The van der Waals surface area contributed by atoms with Crippen LogP contribution >= 0.6 is 11.6 Å². The lowest BCUT2D eigenvalue weighted by molar-refractivity contribution is 0.645. The van der Waals surface area contributed by atoms with E-state index >= 15 is 0 Å². The van der Waals surface area contributed by atoms with E-state index in [1.54, 1.807) is 0 Å². The van der Waals surface area contributed by atoms with Gasteiger partial charge in [0.2, 0.25) is 0 Å². The van der Waals surface area contributed by atoms with Crippen LogP contribution < -0.4 is 5.32 Å². The number of imidazole rings is 1. The molecular formula is C19H22ClN3. The number of para-hydroxylation sites is 2. The second kappa shape index (κ2) is 7.05. The SMILES string of the molecule is CCc1nc2ccccc2n1CCCNc1ccc(C)c(Cl)c1. The Balaban J connectivity index is 1.63. The van der Waals surface area contributed by atoms with Crippen molar-refractivity contribution in [1.82, 2.24) is 9.55 Å². The highest BCUT2D eigenvalue weighted by Gasteiger charge is 2.08. The zero-order valence-corrected chi connectivity index (χ0v) is 14.4. The predicted octanol–water partition coefficient (Wildman–Crippen LogP) is 5.06. The quantitative estimate of drug-likeness (QED) is 0.641. The molecule has 0 unspecified atom stereocenters. The summed E-state index contributed by atoms with van der Waals surface area (Å²) in [5, 5.41) is 4.25. The smallest absolute Gasteiger partial charge is 0.109 e. The zero-order chi connectivity index (χ0) is 16.2. The first-order chi connectivity index (χ1) is 11.2. The molecule has 0 fully saturated rings. The first-order valence-electron chi connectivity index (χ1n) is 8.13. The van der Waals surface area contributed by atoms with Gasteiger partial charge < -0.3 is 9.88 Å². The fourth-order valence-electron chi connectivity index (χ4n) is 2.82. The first kappa shape index (κ1) is 15.9. The second-order valence-corrected chi connectivity index (χ2v) is 6.17. The third-order valence-electron chi connectivity index (χ3n) is 4.11. The molecule has 0 aliphatic rings. The van der Waals surface area contributed by atoms with Gasteiger partial charge in [0.05, 0.1) is 11.0 Å². The highest BCUT2D eigenvalue weighted by Crippen LogP contribution is 2.20. The van der Waals surface area contributed by atoms with Crippen LogP contribution in [0.5, 0.6) is 0 Å². The summed E-state index contributed by atoms with van der Waals surface area (Å²) in [6, 6.07) is 14.5. The minimum atomic E-state index is 0.809. The maximum absolute atomic E-state index is 6.16. The lowest BCUT2D eigenvalue weighted by Crippen LogP contribution is -2.09. The molecular weight excluding hydrogens is 306 g/mol. The summed E-state index contributed by atoms with van der Waals surface area (Å²) in [5.41, 5.74) is 4.49. The number of nitrogens with one attached hydrogen (secondary N) is 1. The van der Waals surface area contributed by atoms with E-state index in [4.69, 9.17) is 16.6 Å². The standard InChI is InChI=1S/C19H22ClN3/c1-3-19-22-17-7-4-5-8-18(17)23(19)12-6-11-21-15-10-9-14(2)16(20)13-15/h4-5,7-10,13,21H,3,6,11-12H2,1-2H3. The van der Waals surface area contributed by atoms with Crippen LogP contribution in [0, 0.1) is 6.92 Å². The van der Waals surface area contributed by atoms with E-state index in [0.29, 0.717) is 0 Å². The molecule has 4 heteroatoms. The summed E-state index contributed by atoms with van der Waals surface area (Å²) in [7, 11) is 0. The lowest BCUT2D eigenvalue weighted by Gasteiger charge is -2.10. The van der Waals surface area contributed by atoms with Gasteiger partial charge >= 0.3 is 0 Å². The Bertz CT molecular complexity index is 807. The van der Waals surface area contributed by atoms with E-state index in [1.807, 2.05) is 25.1 Å². The fourth-order valence-corrected chi connectivity index (χ4v) is 3.00. The number of fused-ring (bicyclic) bond motifs is 1. The van der Waals surface area contributed by atoms with E-state index in [1.165, 1.54) is 5.52 Å². The molecule has 23 heavy (non-hydrogen) atoms. The van der Waals surface area contributed by atoms with Crippen LogP contribution in [-0.2, 0) is 13.0 Å². The molecule has 2 aromatic carbocycles. The first-order valence-corrected chi connectivity index (χ1v) is 8.51. The molecule has 0 saturated heterocycles. The monoisotopic (exact) mass is 327 g/mol. The third kappa shape index (κ3) is 3.50. The Kier molecular flexibility index (Phi) is 4.87. The van der Waals surface area contributed by atoms with Gasteiger partial charge in [-0.1, -0.05) is 36.7 Å². The second-order valence-electron chi connectivity index (χ2n) is 5.77. The van der Waals surface area contributed by atoms with Crippen LogP contribution in [0.4, 0.5) is 5.69 Å². The number of hydrogen-bond acceptors (Lipinski definition) is 2. The van der Waals surface area contributed by atoms with Crippen LogP contribution in [0.15, 0.2) is 42.5 Å². The van der Waals surface area contributed by atoms with Gasteiger partial charge in [0.1, 0.15) is 5.82 Å². The van der Waals surface area contributed by atoms with Crippen molar-refractivity contribution in [3.05, 3.63) is 58.9 Å². The summed E-state index contributed by atoms with van der Waals surface area (Å²) < 4.78 is 2.33. The maximum Gasteiger partial charge on any atom is 0.109 e. The number of aryl methyl sites for hydroxylation is 3. The normalized spacial score (nSPS) is 11.1. The van der Waals surface area contributed by atoms with Crippen molar-refractivity contribution in [2.75, 3.05) is 11.9 Å². The van der Waals surface area contributed by atoms with E-state index in [0.717, 1.165) is 53.5 Å². The van der Waals surface area contributed by atoms with Gasteiger partial charge in [-0.05, 0) is 43.2 Å². The van der Waals surface area contributed by atoms with Gasteiger partial charge in [-0.15, -0.1) is 0 Å². The molecule has 120 valence electrons. The molecule has 1 aromatic heterocycles. The Labute approximate surface area is 142 Å². The minimum absolute atomic E-state index is 0.809. The van der Waals surface area contributed by atoms with Crippen molar-refractivity contribution in [3.63, 3.8) is 0 Å². The molecule has 0 saturated carbocycles. The van der Waals surface area contributed by atoms with Crippen LogP contribution in [0.2, 0.25) is 5.02 Å². The van der Waals surface area contributed by atoms with Gasteiger partial charge in [-0.25, -0.2) is 4.98 Å². The average molecular weight is 328 g/mol. The van der Waals surface area contributed by atoms with Gasteiger partial charge in [0, 0.05) is 30.2 Å². The van der Waals surface area contributed by atoms with Gasteiger partial charge in [-0.3, -0.25) is 0 Å². The molecule has 1 N–H and O–H groups in total. The Morgan fingerprint density at radius 2 is 2.00 bits per heavy atom. The van der Waals surface area contributed by atoms with E-state index < -0.39 is 0 Å². The molecule has 0 aliphatic heterocycles. The van der Waals surface area contributed by atoms with Crippen molar-refractivity contribution >= 4 is 28.3 Å². The Hall–Kier alpha value is -2.00. The summed E-state index contributed by atoms with van der Waals surface area (Å²) in [4.78, 5) is 4.71. The van der Waals surface area contributed by atoms with Crippen LogP contribution in [0.1, 0.15) is 24.7 Å². The molecule has 0 bridgehead atoms. The summed E-state index contributed by atoms with van der Waals surface area (Å²) in [6.45, 7) is 6.05. The third-order valence-corrected chi connectivity index (χ3v) is 4.52. The Morgan fingerprint density at radius 1 is 1.17 bits per heavy atom. The molecule has 0 amide bonds. The number of anilines is 1. The van der Waals surface area contributed by atoms with Gasteiger partial charge in [0.15, 0.2) is 0 Å². The molecule has 3 nitrogen and oxygen atoms in total. The maximum atomic E-state index is 6.16. The molecule has 0 aliphatic carbocycles. The number of benzene rings is 2. The molecule has 3 rings (SSSR count). The summed E-state index contributed by atoms with van der Waals surface area (Å²) in [6.07, 6.45) is 1.99. The van der Waals surface area contributed by atoms with Crippen molar-refractivity contribution in [2.24, 2.45) is 0 Å². The van der Waals surface area contributed by atoms with Crippen molar-refractivity contribution in [3.8, 4) is 0 Å². The summed E-state index contributed by atoms with van der Waals surface area (Å²) >= 11 is 6.16. The minimum Gasteiger partial charge on any atom is -0.385 e. The predicted molar refractivity (Wildman–Crippen MR) is 98.4 cm³/mol. The molecule has 0 spiro atoms. The van der Waals surface area contributed by atoms with Crippen LogP contribution in [0.25, 0.3) is 11.0 Å². The number of aromatic nitrogens is 2. The average Bonchev–Trinajstić information content (AvgIpc) is 2.92. The van der Waals surface area contributed by atoms with E-state index in [9.17, 15) is 0 Å². The number of rotatable bonds is 6. The van der Waals surface area contributed by atoms with Crippen molar-refractivity contribution in [2.45, 2.75) is 33.2 Å². The molecule has 1 heterocycles. The fraction of sp³-hybridized carbons (Fsp3) is 0.316. The van der Waals surface area contributed by atoms with Crippen molar-refractivity contribution in [1.29, 1.82) is 0 Å². The zero-order valence-electron chi connectivity index (χ0n) is 13.6. The topological polar surface area (TPSA) is 29.9 Å². The molecule has 3 aromatic rings. The van der Waals surface area contributed by atoms with Gasteiger partial charge in [-0.2, -0.15) is 0 Å². The van der Waals surface area contributed by atoms with Crippen molar-refractivity contribution < 1.29 is 0 Å². The van der Waals surface area contributed by atoms with Gasteiger partial charge in [0.25, 0.3) is 0 Å². The Morgan fingerprint density at radius 3 is 2.78 bits per heavy atom. The number of nitrogens with zero attached hydrogens (tertiary/aromatic N) is 2. The van der Waals surface area contributed by atoms with Crippen LogP contribution in [0.3, 0.4) is 0 Å². The number of hydrogen-bond donors (Lipinski definition) is 1. The van der Waals surface area contributed by atoms with E-state index in [2.05, 4.69) is 41.1 Å². The molecule has 0 radical (unpaired) electrons. The highest BCUT2D eigenvalue weighted by atomic mass is 35.5. The van der Waals surface area contributed by atoms with Crippen LogP contribution in [-0.4, -0.2) is 16.1 Å². The van der Waals surface area contributed by atoms with E-state index in [-0.39, 0.29) is 0 Å². The lowest BCUT2D eigenvalue weighted by atomic mass is 10.2. The highest BCUT2D eigenvalue weighted by molar-refractivity contribution is 6.31.